The van der Waals surface area contributed by atoms with Crippen LogP contribution in [0.2, 0.25) is 0 Å². The highest BCUT2D eigenvalue weighted by molar-refractivity contribution is 7.95. The Bertz CT molecular complexity index is 584. The lowest BCUT2D eigenvalue weighted by Gasteiger charge is -2.37. The van der Waals surface area contributed by atoms with Gasteiger partial charge in [0, 0.05) is 0 Å². The fourth-order valence-electron chi connectivity index (χ4n) is 3.04. The molecule has 0 amide bonds. The molecule has 0 aliphatic heterocycles. The van der Waals surface area contributed by atoms with Crippen LogP contribution in [0.15, 0.2) is 91.0 Å². The second-order valence-electron chi connectivity index (χ2n) is 5.13. The topological polar surface area (TPSA) is 31.5 Å². The van der Waals surface area contributed by atoms with Gasteiger partial charge in [0.15, 0.2) is 0 Å². The van der Waals surface area contributed by atoms with E-state index in [-0.39, 0.29) is 5.48 Å². The van der Waals surface area contributed by atoms with Crippen LogP contribution in [-0.4, -0.2) is 11.6 Å². The molecule has 0 spiro atoms. The average molecular weight is 309 g/mol. The maximum Gasteiger partial charge on any atom is -0.0197 e. The van der Waals surface area contributed by atoms with Crippen LogP contribution in [0.4, 0.5) is 0 Å². The lowest BCUT2D eigenvalue weighted by Crippen LogP contribution is -2.32. The molecule has 0 fully saturated rings. The van der Waals surface area contributed by atoms with E-state index in [0.29, 0.717) is 0 Å². The number of rotatable bonds is 4. The molecule has 3 aromatic rings. The number of benzene rings is 3. The summed E-state index contributed by atoms with van der Waals surface area (Å²) in [5, 5.41) is 4.39. The van der Waals surface area contributed by atoms with Gasteiger partial charge in [-0.15, -0.1) is 0 Å². The van der Waals surface area contributed by atoms with Crippen LogP contribution < -0.4 is 15.9 Å². The van der Waals surface area contributed by atoms with E-state index in [1.165, 1.54) is 15.9 Å². The largest absolute Gasteiger partial charge is 0.412 e. The first-order valence-corrected chi connectivity index (χ1v) is 9.40. The van der Waals surface area contributed by atoms with Gasteiger partial charge in [-0.2, -0.15) is 0 Å². The van der Waals surface area contributed by atoms with Crippen molar-refractivity contribution in [2.24, 2.45) is 0 Å². The highest BCUT2D eigenvalue weighted by Crippen LogP contribution is 2.54. The lowest BCUT2D eigenvalue weighted by molar-refractivity contribution is 0.824. The van der Waals surface area contributed by atoms with Gasteiger partial charge < -0.3 is 5.48 Å². The molecule has 0 heterocycles. The molecule has 1 radical (unpaired) electrons. The summed E-state index contributed by atoms with van der Waals surface area (Å²) in [6.45, 7) is 2.32. The minimum Gasteiger partial charge on any atom is -0.412 e. The van der Waals surface area contributed by atoms with E-state index in [2.05, 4.69) is 97.9 Å². The van der Waals surface area contributed by atoms with Gasteiger partial charge in [0.05, 0.1) is 0 Å². The van der Waals surface area contributed by atoms with Gasteiger partial charge in [-0.05, 0) is 29.3 Å². The smallest absolute Gasteiger partial charge is 0.0197 e. The predicted octanol–water partition coefficient (Wildman–Crippen LogP) is 3.18. The van der Waals surface area contributed by atoms with Gasteiger partial charge in [-0.25, -0.2) is 0 Å². The Morgan fingerprint density at radius 1 is 0.545 bits per heavy atom. The number of hydrogen-bond acceptors (Lipinski definition) is 0. The molecule has 0 aliphatic carbocycles. The van der Waals surface area contributed by atoms with Gasteiger partial charge in [0.1, 0.15) is 0 Å². The van der Waals surface area contributed by atoms with Gasteiger partial charge in [0.2, 0.25) is 0 Å². The molecular weight excluding hydrogens is 287 g/mol. The van der Waals surface area contributed by atoms with Gasteiger partial charge >= 0.3 is 0 Å². The Labute approximate surface area is 133 Å². The Balaban J connectivity index is 0.00000176. The third-order valence-electron chi connectivity index (χ3n) is 4.07. The van der Waals surface area contributed by atoms with E-state index >= 15 is 0 Å². The molecule has 3 aromatic carbocycles. The van der Waals surface area contributed by atoms with Crippen molar-refractivity contribution in [3.8, 4) is 0 Å². The fourth-order valence-corrected chi connectivity index (χ4v) is 7.08. The summed E-state index contributed by atoms with van der Waals surface area (Å²) in [4.78, 5) is 0. The molecule has 0 unspecified atom stereocenters. The molecule has 0 aliphatic rings. The summed E-state index contributed by atoms with van der Waals surface area (Å²) in [5.41, 5.74) is 0. The van der Waals surface area contributed by atoms with Crippen LogP contribution in [0.5, 0.6) is 0 Å². The minimum absolute atomic E-state index is 0. The standard InChI is InChI=1S/C20H20P.H2O/c1-2-21(18-12-6-3-7-13-18,19-14-8-4-9-15-19)20-16-10-5-11-17-20;/h3-17H,2H2,1H3;1H2. The van der Waals surface area contributed by atoms with Crippen molar-refractivity contribution in [1.29, 1.82) is 0 Å². The SMILES string of the molecule is CC[P](c1ccccc1)(c1ccccc1)c1ccccc1.O. The van der Waals surface area contributed by atoms with Crippen LogP contribution in [-0.2, 0) is 0 Å². The maximum absolute atomic E-state index is 2.32. The van der Waals surface area contributed by atoms with Crippen molar-refractivity contribution in [1.82, 2.24) is 0 Å². The molecule has 0 saturated heterocycles. The van der Waals surface area contributed by atoms with Crippen LogP contribution >= 0.6 is 7.26 Å². The normalized spacial score (nSPS) is 10.8. The zero-order valence-electron chi connectivity index (χ0n) is 12.8. The van der Waals surface area contributed by atoms with Gasteiger partial charge in [-0.1, -0.05) is 97.9 Å². The van der Waals surface area contributed by atoms with E-state index in [1.807, 2.05) is 0 Å². The molecule has 1 nitrogen and oxygen atoms in total. The molecule has 0 aromatic heterocycles. The third-order valence-corrected chi connectivity index (χ3v) is 8.55. The van der Waals surface area contributed by atoms with E-state index in [0.717, 1.165) is 6.16 Å². The first kappa shape index (κ1) is 16.4. The van der Waals surface area contributed by atoms with Crippen molar-refractivity contribution in [3.05, 3.63) is 91.0 Å². The molecule has 2 N–H and O–H groups in total. The van der Waals surface area contributed by atoms with Crippen LogP contribution in [0, 0.1) is 0 Å². The van der Waals surface area contributed by atoms with Crippen molar-refractivity contribution in [2.45, 2.75) is 6.92 Å². The van der Waals surface area contributed by atoms with E-state index in [1.54, 1.807) is 0 Å². The second kappa shape index (κ2) is 7.35. The van der Waals surface area contributed by atoms with E-state index in [4.69, 9.17) is 0 Å². The van der Waals surface area contributed by atoms with Crippen LogP contribution in [0.3, 0.4) is 0 Å². The summed E-state index contributed by atoms with van der Waals surface area (Å²) in [6.07, 6.45) is 1.14. The molecule has 0 saturated carbocycles. The molecule has 0 atom stereocenters. The minimum atomic E-state index is -1.53. The second-order valence-corrected chi connectivity index (χ2v) is 8.93. The van der Waals surface area contributed by atoms with E-state index in [9.17, 15) is 0 Å². The summed E-state index contributed by atoms with van der Waals surface area (Å²) in [5.74, 6) is 0. The summed E-state index contributed by atoms with van der Waals surface area (Å²) in [7, 11) is -1.53. The Morgan fingerprint density at radius 3 is 1.05 bits per heavy atom. The Hall–Kier alpha value is -1.95. The van der Waals surface area contributed by atoms with Crippen LogP contribution in [0.1, 0.15) is 6.92 Å². The van der Waals surface area contributed by atoms with Crippen molar-refractivity contribution in [3.63, 3.8) is 0 Å². The monoisotopic (exact) mass is 309 g/mol. The van der Waals surface area contributed by atoms with Gasteiger partial charge in [0.25, 0.3) is 0 Å². The third kappa shape index (κ3) is 2.83. The molecule has 22 heavy (non-hydrogen) atoms. The zero-order valence-corrected chi connectivity index (χ0v) is 13.7. The highest BCUT2D eigenvalue weighted by Gasteiger charge is 2.31. The molecule has 0 bridgehead atoms. The Morgan fingerprint density at radius 2 is 0.818 bits per heavy atom. The predicted molar refractivity (Wildman–Crippen MR) is 99.3 cm³/mol. The average Bonchev–Trinajstić information content (AvgIpc) is 2.59. The summed E-state index contributed by atoms with van der Waals surface area (Å²) >= 11 is 0. The molecule has 113 valence electrons. The zero-order chi connectivity index (χ0) is 14.5. The lowest BCUT2D eigenvalue weighted by atomic mass is 10.4. The number of hydrogen-bond donors (Lipinski definition) is 0. The maximum atomic E-state index is 2.32. The van der Waals surface area contributed by atoms with Gasteiger partial charge in [-0.3, -0.25) is 0 Å². The van der Waals surface area contributed by atoms with Crippen molar-refractivity contribution < 1.29 is 5.48 Å². The first-order valence-electron chi connectivity index (χ1n) is 7.43. The van der Waals surface area contributed by atoms with E-state index < -0.39 is 7.26 Å². The highest BCUT2D eigenvalue weighted by atomic mass is 31.2. The summed E-state index contributed by atoms with van der Waals surface area (Å²) < 4.78 is 0. The first-order chi connectivity index (χ1) is 10.4. The molecular formula is C20H22OP. The Kier molecular flexibility index (Phi) is 5.49. The fraction of sp³-hybridized carbons (Fsp3) is 0.100. The molecule has 3 rings (SSSR count). The summed E-state index contributed by atoms with van der Waals surface area (Å²) in [6, 6.07) is 33.0. The van der Waals surface area contributed by atoms with Crippen molar-refractivity contribution in [2.75, 3.05) is 6.16 Å². The quantitative estimate of drug-likeness (QED) is 0.663. The van der Waals surface area contributed by atoms with Crippen LogP contribution in [0.25, 0.3) is 0 Å². The molecule has 2 heteroatoms. The van der Waals surface area contributed by atoms with Crippen molar-refractivity contribution >= 4 is 23.2 Å².